The molecule has 3 aromatic rings. The van der Waals surface area contributed by atoms with Crippen molar-refractivity contribution in [3.8, 4) is 11.5 Å². The SMILES string of the molecule is COc1ccc(OC)c(Nc2cc(Nc3ccccc3)nc(C)n2)c1. The minimum absolute atomic E-state index is 0.658. The molecule has 0 aliphatic rings. The van der Waals surface area contributed by atoms with Crippen LogP contribution in [0, 0.1) is 6.92 Å². The number of para-hydroxylation sites is 1. The fourth-order valence-electron chi connectivity index (χ4n) is 2.41. The Morgan fingerprint density at radius 2 is 1.52 bits per heavy atom. The Morgan fingerprint density at radius 1 is 0.800 bits per heavy atom. The van der Waals surface area contributed by atoms with Crippen molar-refractivity contribution in [3.05, 3.63) is 60.4 Å². The molecule has 0 atom stereocenters. The second-order valence-corrected chi connectivity index (χ2v) is 5.37. The van der Waals surface area contributed by atoms with E-state index >= 15 is 0 Å². The number of hydrogen-bond donors (Lipinski definition) is 2. The molecule has 0 aliphatic heterocycles. The molecule has 3 rings (SSSR count). The number of ether oxygens (including phenoxy) is 2. The van der Waals surface area contributed by atoms with E-state index in [9.17, 15) is 0 Å². The summed E-state index contributed by atoms with van der Waals surface area (Å²) in [5, 5.41) is 6.54. The predicted molar refractivity (Wildman–Crippen MR) is 99.3 cm³/mol. The standard InChI is InChI=1S/C19H20N4O2/c1-13-20-18(22-14-7-5-4-6-8-14)12-19(21-13)23-16-11-15(24-2)9-10-17(16)25-3/h4-12H,1-3H3,(H2,20,21,22,23). The van der Waals surface area contributed by atoms with Crippen molar-refractivity contribution >= 4 is 23.0 Å². The zero-order valence-electron chi connectivity index (χ0n) is 14.4. The summed E-state index contributed by atoms with van der Waals surface area (Å²) in [5.41, 5.74) is 1.73. The van der Waals surface area contributed by atoms with Crippen LogP contribution in [0.15, 0.2) is 54.6 Å². The summed E-state index contributed by atoms with van der Waals surface area (Å²) in [7, 11) is 3.25. The summed E-state index contributed by atoms with van der Waals surface area (Å²) in [4.78, 5) is 8.87. The van der Waals surface area contributed by atoms with Crippen molar-refractivity contribution in [3.63, 3.8) is 0 Å². The largest absolute Gasteiger partial charge is 0.497 e. The molecule has 6 nitrogen and oxygen atoms in total. The van der Waals surface area contributed by atoms with Gasteiger partial charge in [-0.05, 0) is 31.2 Å². The van der Waals surface area contributed by atoms with Gasteiger partial charge in [-0.15, -0.1) is 0 Å². The van der Waals surface area contributed by atoms with E-state index in [4.69, 9.17) is 9.47 Å². The molecular weight excluding hydrogens is 316 g/mol. The minimum Gasteiger partial charge on any atom is -0.497 e. The molecule has 0 amide bonds. The molecule has 1 heterocycles. The number of rotatable bonds is 6. The van der Waals surface area contributed by atoms with E-state index in [1.165, 1.54) is 0 Å². The highest BCUT2D eigenvalue weighted by atomic mass is 16.5. The van der Waals surface area contributed by atoms with E-state index in [-0.39, 0.29) is 0 Å². The summed E-state index contributed by atoms with van der Waals surface area (Å²) < 4.78 is 10.7. The van der Waals surface area contributed by atoms with Crippen LogP contribution in [-0.2, 0) is 0 Å². The van der Waals surface area contributed by atoms with Gasteiger partial charge in [0, 0.05) is 17.8 Å². The second kappa shape index (κ2) is 7.53. The number of aromatic nitrogens is 2. The topological polar surface area (TPSA) is 68.3 Å². The van der Waals surface area contributed by atoms with Crippen LogP contribution < -0.4 is 20.1 Å². The Bertz CT molecular complexity index is 853. The van der Waals surface area contributed by atoms with Gasteiger partial charge in [0.05, 0.1) is 19.9 Å². The van der Waals surface area contributed by atoms with Gasteiger partial charge < -0.3 is 20.1 Å². The molecule has 0 unspecified atom stereocenters. The van der Waals surface area contributed by atoms with Crippen molar-refractivity contribution in [2.75, 3.05) is 24.9 Å². The maximum absolute atomic E-state index is 5.40. The molecule has 2 N–H and O–H groups in total. The van der Waals surface area contributed by atoms with Gasteiger partial charge in [-0.1, -0.05) is 18.2 Å². The maximum atomic E-state index is 5.40. The van der Waals surface area contributed by atoms with Crippen LogP contribution in [0.4, 0.5) is 23.0 Å². The van der Waals surface area contributed by atoms with Gasteiger partial charge in [0.2, 0.25) is 0 Å². The third-order valence-electron chi connectivity index (χ3n) is 3.55. The van der Waals surface area contributed by atoms with Gasteiger partial charge in [-0.25, -0.2) is 9.97 Å². The first-order chi connectivity index (χ1) is 12.2. The predicted octanol–water partition coefficient (Wildman–Crippen LogP) is 4.29. The van der Waals surface area contributed by atoms with Gasteiger partial charge in [-0.2, -0.15) is 0 Å². The molecule has 0 saturated carbocycles. The number of nitrogens with one attached hydrogen (secondary N) is 2. The van der Waals surface area contributed by atoms with Crippen molar-refractivity contribution in [1.82, 2.24) is 9.97 Å². The number of benzene rings is 2. The first kappa shape index (κ1) is 16.6. The zero-order chi connectivity index (χ0) is 17.6. The van der Waals surface area contributed by atoms with Gasteiger partial charge in [-0.3, -0.25) is 0 Å². The van der Waals surface area contributed by atoms with E-state index < -0.39 is 0 Å². The molecule has 1 aromatic heterocycles. The molecular formula is C19H20N4O2. The first-order valence-electron chi connectivity index (χ1n) is 7.85. The normalized spacial score (nSPS) is 10.2. The lowest BCUT2D eigenvalue weighted by molar-refractivity contribution is 0.405. The van der Waals surface area contributed by atoms with Crippen LogP contribution in [0.2, 0.25) is 0 Å². The number of hydrogen-bond acceptors (Lipinski definition) is 6. The Hall–Kier alpha value is -3.28. The van der Waals surface area contributed by atoms with Crippen LogP contribution in [0.1, 0.15) is 5.82 Å². The smallest absolute Gasteiger partial charge is 0.142 e. The monoisotopic (exact) mass is 336 g/mol. The van der Waals surface area contributed by atoms with E-state index in [0.717, 1.165) is 17.1 Å². The lowest BCUT2D eigenvalue weighted by Gasteiger charge is -2.13. The molecule has 0 saturated heterocycles. The molecule has 0 radical (unpaired) electrons. The van der Waals surface area contributed by atoms with Crippen LogP contribution in [-0.4, -0.2) is 24.2 Å². The van der Waals surface area contributed by atoms with E-state index in [1.54, 1.807) is 14.2 Å². The summed E-state index contributed by atoms with van der Waals surface area (Å²) in [5.74, 6) is 3.47. The number of methoxy groups -OCH3 is 2. The Balaban J connectivity index is 1.88. The fraction of sp³-hybridized carbons (Fsp3) is 0.158. The Kier molecular flexibility index (Phi) is 4.99. The van der Waals surface area contributed by atoms with E-state index in [1.807, 2.05) is 61.5 Å². The number of nitrogens with zero attached hydrogens (tertiary/aromatic N) is 2. The highest BCUT2D eigenvalue weighted by Gasteiger charge is 2.08. The van der Waals surface area contributed by atoms with Gasteiger partial charge in [0.25, 0.3) is 0 Å². The fourth-order valence-corrected chi connectivity index (χ4v) is 2.41. The Labute approximate surface area is 146 Å². The van der Waals surface area contributed by atoms with Crippen LogP contribution >= 0.6 is 0 Å². The van der Waals surface area contributed by atoms with Crippen molar-refractivity contribution in [2.24, 2.45) is 0 Å². The average molecular weight is 336 g/mol. The molecule has 128 valence electrons. The summed E-state index contributed by atoms with van der Waals surface area (Å²) >= 11 is 0. The molecule has 0 bridgehead atoms. The zero-order valence-corrected chi connectivity index (χ0v) is 14.4. The second-order valence-electron chi connectivity index (χ2n) is 5.37. The molecule has 2 aromatic carbocycles. The highest BCUT2D eigenvalue weighted by molar-refractivity contribution is 5.68. The van der Waals surface area contributed by atoms with Crippen molar-refractivity contribution in [2.45, 2.75) is 6.92 Å². The minimum atomic E-state index is 0.658. The molecule has 25 heavy (non-hydrogen) atoms. The maximum Gasteiger partial charge on any atom is 0.142 e. The Morgan fingerprint density at radius 3 is 2.20 bits per heavy atom. The van der Waals surface area contributed by atoms with Crippen LogP contribution in [0.25, 0.3) is 0 Å². The lowest BCUT2D eigenvalue weighted by Crippen LogP contribution is -2.02. The number of aryl methyl sites for hydroxylation is 1. The summed E-state index contributed by atoms with van der Waals surface area (Å²) in [6.07, 6.45) is 0. The highest BCUT2D eigenvalue weighted by Crippen LogP contribution is 2.31. The van der Waals surface area contributed by atoms with E-state index in [2.05, 4.69) is 20.6 Å². The van der Waals surface area contributed by atoms with Crippen molar-refractivity contribution in [1.29, 1.82) is 0 Å². The summed E-state index contributed by atoms with van der Waals surface area (Å²) in [6.45, 7) is 1.85. The molecule has 0 fully saturated rings. The number of anilines is 4. The first-order valence-corrected chi connectivity index (χ1v) is 7.85. The lowest BCUT2D eigenvalue weighted by atomic mass is 10.2. The third kappa shape index (κ3) is 4.17. The summed E-state index contributed by atoms with van der Waals surface area (Å²) in [6, 6.07) is 17.3. The van der Waals surface area contributed by atoms with E-state index in [0.29, 0.717) is 23.2 Å². The molecule has 0 aliphatic carbocycles. The van der Waals surface area contributed by atoms with Crippen LogP contribution in [0.3, 0.4) is 0 Å². The molecule has 0 spiro atoms. The van der Waals surface area contributed by atoms with Gasteiger partial charge >= 0.3 is 0 Å². The molecule has 6 heteroatoms. The quantitative estimate of drug-likeness (QED) is 0.700. The van der Waals surface area contributed by atoms with Crippen molar-refractivity contribution < 1.29 is 9.47 Å². The van der Waals surface area contributed by atoms with Crippen LogP contribution in [0.5, 0.6) is 11.5 Å². The van der Waals surface area contributed by atoms with Gasteiger partial charge in [0.15, 0.2) is 0 Å². The average Bonchev–Trinajstić information content (AvgIpc) is 2.62. The third-order valence-corrected chi connectivity index (χ3v) is 3.55. The van der Waals surface area contributed by atoms with Gasteiger partial charge in [0.1, 0.15) is 29.0 Å².